The van der Waals surface area contributed by atoms with Gasteiger partial charge in [-0.25, -0.2) is 23.7 Å². The predicted molar refractivity (Wildman–Crippen MR) is 96.1 cm³/mol. The molecule has 10 heteroatoms. The molecule has 2 aliphatic heterocycles. The Labute approximate surface area is 154 Å². The van der Waals surface area contributed by atoms with Gasteiger partial charge in [0.25, 0.3) is 6.43 Å². The topological polar surface area (TPSA) is 103 Å². The molecule has 2 aromatic heterocycles. The highest BCUT2D eigenvalue weighted by molar-refractivity contribution is 5.97. The van der Waals surface area contributed by atoms with Gasteiger partial charge in [-0.2, -0.15) is 0 Å². The van der Waals surface area contributed by atoms with E-state index in [1.807, 2.05) is 6.07 Å². The first kappa shape index (κ1) is 17.7. The smallest absolute Gasteiger partial charge is 0.279 e. The van der Waals surface area contributed by atoms with E-state index in [0.717, 1.165) is 31.5 Å². The number of nitrogens with one attached hydrogen (secondary N) is 3. The van der Waals surface area contributed by atoms with Crippen molar-refractivity contribution in [2.24, 2.45) is 0 Å². The summed E-state index contributed by atoms with van der Waals surface area (Å²) in [5.74, 6) is 1.19. The van der Waals surface area contributed by atoms with Gasteiger partial charge >= 0.3 is 0 Å². The van der Waals surface area contributed by atoms with Gasteiger partial charge in [-0.1, -0.05) is 0 Å². The first-order chi connectivity index (χ1) is 13.1. The molecule has 3 N–H and O–H groups in total. The molecule has 27 heavy (non-hydrogen) atoms. The molecule has 0 bridgehead atoms. The number of H-pyrrole nitrogens is 1. The third-order valence-electron chi connectivity index (χ3n) is 4.67. The van der Waals surface area contributed by atoms with Crippen LogP contribution < -0.4 is 10.2 Å². The van der Waals surface area contributed by atoms with Crippen LogP contribution in [-0.4, -0.2) is 70.5 Å². The average Bonchev–Trinajstić information content (AvgIpc) is 3.35. The van der Waals surface area contributed by atoms with E-state index in [2.05, 4.69) is 30.2 Å². The predicted octanol–water partition coefficient (Wildman–Crippen LogP) is 1.34. The van der Waals surface area contributed by atoms with Crippen molar-refractivity contribution < 1.29 is 13.5 Å². The van der Waals surface area contributed by atoms with E-state index in [0.29, 0.717) is 23.8 Å². The summed E-state index contributed by atoms with van der Waals surface area (Å²) in [5.41, 5.74) is 0.547. The zero-order chi connectivity index (χ0) is 18.8. The maximum Gasteiger partial charge on any atom is 0.279 e. The minimum absolute atomic E-state index is 0.159. The highest BCUT2D eigenvalue weighted by Gasteiger charge is 2.36. The molecule has 4 heterocycles. The lowest BCUT2D eigenvalue weighted by Gasteiger charge is -2.37. The van der Waals surface area contributed by atoms with Crippen LogP contribution in [0.1, 0.15) is 5.82 Å². The third-order valence-corrected chi connectivity index (χ3v) is 4.67. The van der Waals surface area contributed by atoms with Crippen LogP contribution in [-0.2, 0) is 4.74 Å². The van der Waals surface area contributed by atoms with Crippen molar-refractivity contribution in [2.75, 3.05) is 31.1 Å². The van der Waals surface area contributed by atoms with Crippen LogP contribution in [0.2, 0.25) is 0 Å². The van der Waals surface area contributed by atoms with Gasteiger partial charge in [0.1, 0.15) is 18.0 Å². The second-order valence-electron chi connectivity index (χ2n) is 6.36. The lowest BCUT2D eigenvalue weighted by atomic mass is 10.1. The Hall–Kier alpha value is -2.72. The number of halogens is 2. The Morgan fingerprint density at radius 2 is 2.22 bits per heavy atom. The van der Waals surface area contributed by atoms with Gasteiger partial charge in [-0.15, -0.1) is 0 Å². The molecular weight excluding hydrogens is 356 g/mol. The van der Waals surface area contributed by atoms with Gasteiger partial charge in [0.15, 0.2) is 0 Å². The number of rotatable bonds is 5. The van der Waals surface area contributed by atoms with E-state index >= 15 is 0 Å². The number of aromatic amines is 1. The number of aromatic nitrogens is 4. The summed E-state index contributed by atoms with van der Waals surface area (Å²) < 4.78 is 30.5. The molecule has 2 atom stereocenters. The quantitative estimate of drug-likeness (QED) is 0.682. The summed E-state index contributed by atoms with van der Waals surface area (Å²) in [4.78, 5) is 18.1. The number of ether oxygens (including phenoxy) is 1. The molecule has 0 aromatic carbocycles. The van der Waals surface area contributed by atoms with Gasteiger partial charge < -0.3 is 19.9 Å². The van der Waals surface area contributed by atoms with Gasteiger partial charge in [-0.3, -0.25) is 5.41 Å². The summed E-state index contributed by atoms with van der Waals surface area (Å²) in [6.45, 7) is 3.09. The zero-order valence-corrected chi connectivity index (χ0v) is 14.4. The molecule has 2 saturated heterocycles. The van der Waals surface area contributed by atoms with Crippen molar-refractivity contribution in [3.8, 4) is 11.4 Å². The first-order valence-corrected chi connectivity index (χ1v) is 8.63. The third kappa shape index (κ3) is 3.71. The van der Waals surface area contributed by atoms with Gasteiger partial charge in [0.05, 0.1) is 42.0 Å². The summed E-state index contributed by atoms with van der Waals surface area (Å²) in [7, 11) is 0. The van der Waals surface area contributed by atoms with Gasteiger partial charge in [-0.05, 0) is 12.2 Å². The van der Waals surface area contributed by atoms with Crippen LogP contribution >= 0.6 is 0 Å². The standard InChI is InChI=1S/C17H19F2N7O/c18-17(19)10(20)1-2-15-22-6-12(25-15)11-5-16(24-9-23-11)26-3-4-27-14-8-21-7-13(14)26/h1-2,5-6,9,13-14,17,20-21H,3-4,7-8H2,(H,22,25)/b2-1-,20-10?. The minimum atomic E-state index is -2.80. The molecule has 2 aliphatic rings. The molecule has 142 valence electrons. The number of alkyl halides is 2. The van der Waals surface area contributed by atoms with Crippen LogP contribution in [0.15, 0.2) is 24.7 Å². The fourth-order valence-corrected chi connectivity index (χ4v) is 3.32. The van der Waals surface area contributed by atoms with Crippen molar-refractivity contribution >= 4 is 17.6 Å². The lowest BCUT2D eigenvalue weighted by molar-refractivity contribution is 0.0346. The van der Waals surface area contributed by atoms with E-state index in [9.17, 15) is 8.78 Å². The molecule has 4 rings (SSSR count). The molecule has 2 fully saturated rings. The van der Waals surface area contributed by atoms with E-state index in [1.165, 1.54) is 12.4 Å². The molecular formula is C17H19F2N7O. The second-order valence-corrected chi connectivity index (χ2v) is 6.36. The first-order valence-electron chi connectivity index (χ1n) is 8.63. The van der Waals surface area contributed by atoms with Crippen LogP contribution in [0.3, 0.4) is 0 Å². The van der Waals surface area contributed by atoms with Crippen molar-refractivity contribution in [3.63, 3.8) is 0 Å². The van der Waals surface area contributed by atoms with E-state index in [1.54, 1.807) is 6.20 Å². The number of hydrogen-bond acceptors (Lipinski definition) is 7. The number of morpholine rings is 1. The zero-order valence-electron chi connectivity index (χ0n) is 14.4. The number of nitrogens with zero attached hydrogens (tertiary/aromatic N) is 4. The SMILES string of the molecule is N=C(/C=C\c1ncc(-c2cc(N3CCOC4CNCC43)ncn2)[nH]1)C(F)F. The molecule has 0 spiro atoms. The Bertz CT molecular complexity index is 853. The molecule has 8 nitrogen and oxygen atoms in total. The number of fused-ring (bicyclic) bond motifs is 1. The molecule has 2 aromatic rings. The maximum atomic E-state index is 12.4. The molecule has 0 amide bonds. The summed E-state index contributed by atoms with van der Waals surface area (Å²) in [6.07, 6.45) is 2.81. The minimum Gasteiger partial charge on any atom is -0.373 e. The highest BCUT2D eigenvalue weighted by atomic mass is 19.3. The number of anilines is 1. The van der Waals surface area contributed by atoms with Crippen molar-refractivity contribution in [1.29, 1.82) is 5.41 Å². The van der Waals surface area contributed by atoms with Crippen molar-refractivity contribution in [1.82, 2.24) is 25.3 Å². The van der Waals surface area contributed by atoms with Crippen LogP contribution in [0.5, 0.6) is 0 Å². The number of imidazole rings is 1. The fraction of sp³-hybridized carbons (Fsp3) is 0.412. The Morgan fingerprint density at radius 1 is 1.33 bits per heavy atom. The molecule has 0 aliphatic carbocycles. The largest absolute Gasteiger partial charge is 0.373 e. The van der Waals surface area contributed by atoms with Gasteiger partial charge in [0, 0.05) is 25.7 Å². The van der Waals surface area contributed by atoms with Crippen LogP contribution in [0, 0.1) is 5.41 Å². The van der Waals surface area contributed by atoms with E-state index < -0.39 is 12.1 Å². The number of hydrogen-bond donors (Lipinski definition) is 3. The van der Waals surface area contributed by atoms with Crippen molar-refractivity contribution in [3.05, 3.63) is 30.5 Å². The second kappa shape index (κ2) is 7.49. The summed E-state index contributed by atoms with van der Waals surface area (Å²) in [5, 5.41) is 10.5. The Balaban J connectivity index is 1.54. The Kier molecular flexibility index (Phi) is 4.90. The van der Waals surface area contributed by atoms with E-state index in [4.69, 9.17) is 10.1 Å². The normalized spacial score (nSPS) is 22.6. The molecule has 0 radical (unpaired) electrons. The fourth-order valence-electron chi connectivity index (χ4n) is 3.32. The Morgan fingerprint density at radius 3 is 3.07 bits per heavy atom. The van der Waals surface area contributed by atoms with Crippen LogP contribution in [0.25, 0.3) is 17.5 Å². The summed E-state index contributed by atoms with van der Waals surface area (Å²) in [6, 6.07) is 2.12. The molecule has 2 unspecified atom stereocenters. The number of allylic oxidation sites excluding steroid dienone is 1. The van der Waals surface area contributed by atoms with E-state index in [-0.39, 0.29) is 12.1 Å². The average molecular weight is 375 g/mol. The van der Waals surface area contributed by atoms with Crippen LogP contribution in [0.4, 0.5) is 14.6 Å². The monoisotopic (exact) mass is 375 g/mol. The van der Waals surface area contributed by atoms with Gasteiger partial charge in [0.2, 0.25) is 0 Å². The maximum absolute atomic E-state index is 12.4. The summed E-state index contributed by atoms with van der Waals surface area (Å²) >= 11 is 0. The highest BCUT2D eigenvalue weighted by Crippen LogP contribution is 2.25. The lowest BCUT2D eigenvalue weighted by Crippen LogP contribution is -2.51. The molecule has 0 saturated carbocycles. The van der Waals surface area contributed by atoms with Crippen molar-refractivity contribution in [2.45, 2.75) is 18.6 Å².